The molecule has 0 spiro atoms. The van der Waals surface area contributed by atoms with Crippen molar-refractivity contribution in [2.75, 3.05) is 46.3 Å². The van der Waals surface area contributed by atoms with Crippen LogP contribution in [0.25, 0.3) is 0 Å². The van der Waals surface area contributed by atoms with E-state index in [9.17, 15) is 39.5 Å². The number of benzene rings is 1. The zero-order valence-corrected chi connectivity index (χ0v) is 25.0. The van der Waals surface area contributed by atoms with E-state index in [-0.39, 0.29) is 55.0 Å². The average molecular weight is 618 g/mol. The lowest BCUT2D eigenvalue weighted by molar-refractivity contribution is -0.384. The smallest absolute Gasteiger partial charge is 0.410 e. The molecule has 232 valence electrons. The Kier molecular flexibility index (Phi) is 8.42. The van der Waals surface area contributed by atoms with E-state index < -0.39 is 51.6 Å². The van der Waals surface area contributed by atoms with Crippen LogP contribution in [0.15, 0.2) is 35.5 Å². The van der Waals surface area contributed by atoms with Gasteiger partial charge >= 0.3 is 12.1 Å². The van der Waals surface area contributed by atoms with Gasteiger partial charge in [-0.25, -0.2) is 9.59 Å². The largest absolute Gasteiger partial charge is 0.477 e. The Morgan fingerprint density at radius 1 is 1.14 bits per heavy atom. The number of aliphatic hydroxyl groups excluding tert-OH is 1. The van der Waals surface area contributed by atoms with Crippen LogP contribution in [0.5, 0.6) is 0 Å². The first kappa shape index (κ1) is 30.8. The summed E-state index contributed by atoms with van der Waals surface area (Å²) >= 11 is 1.40. The summed E-state index contributed by atoms with van der Waals surface area (Å²) in [5.74, 6) is -2.98. The van der Waals surface area contributed by atoms with Crippen molar-refractivity contribution in [2.45, 2.75) is 49.0 Å². The second-order valence-corrected chi connectivity index (χ2v) is 13.1. The number of amides is 3. The number of β-lactam (4-membered cyclic amide) rings is 1. The normalized spacial score (nSPS) is 28.0. The molecule has 5 rings (SSSR count). The summed E-state index contributed by atoms with van der Waals surface area (Å²) in [5, 5.41) is 31.9. The molecule has 3 saturated heterocycles. The third kappa shape index (κ3) is 5.33. The highest BCUT2D eigenvalue weighted by molar-refractivity contribution is 8.02. The third-order valence-corrected chi connectivity index (χ3v) is 10.7. The lowest BCUT2D eigenvalue weighted by Crippen LogP contribution is -2.76. The number of hydrogen-bond donors (Lipinski definition) is 2. The number of nitrogens with zero attached hydrogens (tertiary/aromatic N) is 5. The Labute approximate surface area is 252 Å². The fourth-order valence-corrected chi connectivity index (χ4v) is 8.49. The molecule has 3 amide bonds. The maximum absolute atomic E-state index is 13.8. The van der Waals surface area contributed by atoms with Gasteiger partial charge in [0.15, 0.2) is 0 Å². The van der Waals surface area contributed by atoms with Crippen molar-refractivity contribution in [1.82, 2.24) is 19.6 Å². The molecule has 1 aromatic carbocycles. The molecular formula is C28H35N5O9S. The molecule has 2 N–H and O–H groups in total. The Bertz CT molecular complexity index is 1360. The highest BCUT2D eigenvalue weighted by Gasteiger charge is 2.71. The molecule has 15 heteroatoms. The molecule has 43 heavy (non-hydrogen) atoms. The minimum absolute atomic E-state index is 0.0340. The summed E-state index contributed by atoms with van der Waals surface area (Å²) < 4.78 is 4.09. The van der Waals surface area contributed by atoms with Crippen LogP contribution in [-0.2, 0) is 25.7 Å². The molecule has 0 bridgehead atoms. The van der Waals surface area contributed by atoms with Crippen molar-refractivity contribution >= 4 is 41.3 Å². The second-order valence-electron chi connectivity index (χ2n) is 11.5. The number of rotatable bonds is 8. The zero-order valence-electron chi connectivity index (χ0n) is 24.2. The Balaban J connectivity index is 1.24. The number of carbonyl (C=O) groups excluding carboxylic acids is 3. The number of aliphatic carboxylic acids is 1. The number of nitro benzene ring substituents is 1. The van der Waals surface area contributed by atoms with Gasteiger partial charge < -0.3 is 29.6 Å². The first-order valence-electron chi connectivity index (χ1n) is 14.2. The highest BCUT2D eigenvalue weighted by atomic mass is 32.2. The second kappa shape index (κ2) is 11.8. The van der Waals surface area contributed by atoms with Crippen LogP contribution in [0.3, 0.4) is 0 Å². The molecule has 5 atom stereocenters. The van der Waals surface area contributed by atoms with Crippen molar-refractivity contribution in [2.24, 2.45) is 5.92 Å². The van der Waals surface area contributed by atoms with Crippen molar-refractivity contribution < 1.29 is 39.1 Å². The van der Waals surface area contributed by atoms with Crippen molar-refractivity contribution in [1.29, 1.82) is 0 Å². The number of carboxylic acid groups (broad SMARTS) is 1. The average Bonchev–Trinajstić information content (AvgIpc) is 3.52. The Morgan fingerprint density at radius 3 is 2.30 bits per heavy atom. The number of nitro groups is 1. The summed E-state index contributed by atoms with van der Waals surface area (Å²) in [7, 11) is 1.99. The summed E-state index contributed by atoms with van der Waals surface area (Å²) in [6, 6.07) is 4.99. The van der Waals surface area contributed by atoms with Gasteiger partial charge in [-0.15, -0.1) is 11.8 Å². The summed E-state index contributed by atoms with van der Waals surface area (Å²) in [6.45, 7) is 5.41. The molecule has 4 aliphatic rings. The minimum Gasteiger partial charge on any atom is -0.477 e. The number of thioether (sulfide) groups is 1. The third-order valence-electron chi connectivity index (χ3n) is 8.79. The predicted octanol–water partition coefficient (Wildman–Crippen LogP) is 1.13. The van der Waals surface area contributed by atoms with E-state index >= 15 is 0 Å². The first-order chi connectivity index (χ1) is 20.4. The van der Waals surface area contributed by atoms with Crippen molar-refractivity contribution in [3.8, 4) is 0 Å². The van der Waals surface area contributed by atoms with Gasteiger partial charge in [-0.1, -0.05) is 6.92 Å². The Hall–Kier alpha value is -3.69. The van der Waals surface area contributed by atoms with Gasteiger partial charge in [-0.3, -0.25) is 24.6 Å². The maximum atomic E-state index is 13.8. The molecule has 4 heterocycles. The quantitative estimate of drug-likeness (QED) is 0.243. The lowest BCUT2D eigenvalue weighted by Gasteiger charge is -2.56. The van der Waals surface area contributed by atoms with E-state index in [1.165, 1.54) is 50.7 Å². The number of hydrogen-bond acceptors (Lipinski definition) is 10. The van der Waals surface area contributed by atoms with E-state index in [1.807, 2.05) is 7.05 Å². The summed E-state index contributed by atoms with van der Waals surface area (Å²) in [6.07, 6.45) is -0.809. The van der Waals surface area contributed by atoms with Crippen LogP contribution in [0.1, 0.15) is 25.8 Å². The van der Waals surface area contributed by atoms with Crippen molar-refractivity contribution in [3.63, 3.8) is 0 Å². The number of ether oxygens (including phenoxy) is 1. The van der Waals surface area contributed by atoms with Crippen LogP contribution < -0.4 is 0 Å². The topological polar surface area (TPSA) is 174 Å². The van der Waals surface area contributed by atoms with Gasteiger partial charge in [0, 0.05) is 56.0 Å². The number of carbonyl (C=O) groups is 4. The number of fused-ring (bicyclic) bond motifs is 1. The molecule has 3 fully saturated rings. The summed E-state index contributed by atoms with van der Waals surface area (Å²) in [4.78, 5) is 69.0. The summed E-state index contributed by atoms with van der Waals surface area (Å²) in [5.41, 5.74) is 0.214. The highest BCUT2D eigenvalue weighted by Crippen LogP contribution is 2.57. The monoisotopic (exact) mass is 617 g/mol. The van der Waals surface area contributed by atoms with Gasteiger partial charge in [0.1, 0.15) is 17.1 Å². The van der Waals surface area contributed by atoms with Crippen LogP contribution in [0.2, 0.25) is 0 Å². The number of non-ortho nitro benzene ring substituents is 1. The van der Waals surface area contributed by atoms with Gasteiger partial charge in [0.25, 0.3) is 11.6 Å². The van der Waals surface area contributed by atoms with Crippen LogP contribution in [0.4, 0.5) is 10.5 Å². The lowest BCUT2D eigenvalue weighted by atomic mass is 9.76. The number of piperazine rings is 1. The molecule has 0 aliphatic carbocycles. The van der Waals surface area contributed by atoms with Crippen LogP contribution in [0, 0.1) is 16.0 Å². The van der Waals surface area contributed by atoms with E-state index in [0.29, 0.717) is 5.56 Å². The zero-order chi connectivity index (χ0) is 31.2. The molecule has 0 radical (unpaired) electrons. The first-order valence-corrected chi connectivity index (χ1v) is 15.0. The van der Waals surface area contributed by atoms with Crippen molar-refractivity contribution in [3.05, 3.63) is 51.2 Å². The standard InChI is InChI=1S/C28H35N5O9S/c1-16-21(22(25(36)37)32-23(16)28(17(2)34,26(32)38)43-20-8-9-29(3)14-20)24(35)30-10-12-31(13-11-30)27(39)42-15-18-4-6-19(7-5-18)33(40)41/h4-7,16-17,20,23,34H,8-15H2,1-3H3,(H,36,37)/t16-,17?,20?,23+,28?/m1/s1. The molecule has 1 aromatic rings. The van der Waals surface area contributed by atoms with E-state index in [0.717, 1.165) is 19.5 Å². The molecule has 3 unspecified atom stereocenters. The van der Waals surface area contributed by atoms with Crippen LogP contribution >= 0.6 is 11.8 Å². The SMILES string of the molecule is CC(O)C1(SC2CCN(C)C2)C(=O)N2C(C(=O)O)=C(C(=O)N3CCN(C(=O)OCc4ccc([N+](=O)[O-])cc4)CC3)[C@@H](C)[C@H]21. The van der Waals surface area contributed by atoms with Gasteiger partial charge in [0.05, 0.1) is 22.6 Å². The number of aliphatic hydroxyl groups is 1. The molecule has 0 saturated carbocycles. The molecule has 0 aromatic heterocycles. The maximum Gasteiger partial charge on any atom is 0.410 e. The minimum atomic E-state index is -1.37. The predicted molar refractivity (Wildman–Crippen MR) is 154 cm³/mol. The van der Waals surface area contributed by atoms with Gasteiger partial charge in [-0.05, 0) is 44.6 Å². The van der Waals surface area contributed by atoms with Gasteiger partial charge in [0.2, 0.25) is 5.91 Å². The van der Waals surface area contributed by atoms with E-state index in [1.54, 1.807) is 13.8 Å². The number of likely N-dealkylation sites (tertiary alicyclic amines) is 1. The Morgan fingerprint density at radius 2 is 1.77 bits per heavy atom. The molecule has 14 nitrogen and oxygen atoms in total. The molecular weight excluding hydrogens is 582 g/mol. The van der Waals surface area contributed by atoms with Gasteiger partial charge in [-0.2, -0.15) is 0 Å². The molecule has 4 aliphatic heterocycles. The fraction of sp³-hybridized carbons (Fsp3) is 0.571. The number of carboxylic acids is 1. The fourth-order valence-electron chi connectivity index (χ4n) is 6.54. The van der Waals surface area contributed by atoms with E-state index in [4.69, 9.17) is 4.74 Å². The van der Waals surface area contributed by atoms with Crippen LogP contribution in [-0.4, -0.2) is 127 Å². The van der Waals surface area contributed by atoms with E-state index in [2.05, 4.69) is 4.90 Å².